The molecule has 0 aromatic heterocycles. The molecule has 172 valence electrons. The number of carbonyl (C=O) groups excluding carboxylic acids is 1. The van der Waals surface area contributed by atoms with E-state index in [1.54, 1.807) is 6.21 Å². The molecule has 33 heavy (non-hydrogen) atoms. The minimum Gasteiger partial charge on any atom is -0.484 e. The molecule has 0 aliphatic carbocycles. The van der Waals surface area contributed by atoms with Crippen molar-refractivity contribution in [1.29, 1.82) is 0 Å². The van der Waals surface area contributed by atoms with Gasteiger partial charge in [-0.2, -0.15) is 5.10 Å². The van der Waals surface area contributed by atoms with Gasteiger partial charge in [0.25, 0.3) is 5.91 Å². The first kappa shape index (κ1) is 24.1. The summed E-state index contributed by atoms with van der Waals surface area (Å²) in [6, 6.07) is 26.4. The Hall–Kier alpha value is -3.60. The van der Waals surface area contributed by atoms with Crippen molar-refractivity contribution < 1.29 is 9.53 Å². The molecule has 1 amide bonds. The van der Waals surface area contributed by atoms with Crippen LogP contribution in [0, 0.1) is 0 Å². The number of amides is 1. The predicted octanol–water partition coefficient (Wildman–Crippen LogP) is 5.54. The average molecular weight is 444 g/mol. The molecule has 0 radical (unpaired) electrons. The van der Waals surface area contributed by atoms with Gasteiger partial charge in [-0.3, -0.25) is 4.79 Å². The molecular weight excluding hydrogens is 410 g/mol. The van der Waals surface area contributed by atoms with Gasteiger partial charge in [-0.15, -0.1) is 0 Å². The number of rotatable bonds is 9. The van der Waals surface area contributed by atoms with E-state index in [-0.39, 0.29) is 17.9 Å². The summed E-state index contributed by atoms with van der Waals surface area (Å²) in [5, 5.41) is 4.04. The lowest BCUT2D eigenvalue weighted by Crippen LogP contribution is -2.24. The number of ether oxygens (including phenoxy) is 1. The maximum absolute atomic E-state index is 12.0. The predicted molar refractivity (Wildman–Crippen MR) is 136 cm³/mol. The molecule has 3 aromatic rings. The maximum atomic E-state index is 12.0. The summed E-state index contributed by atoms with van der Waals surface area (Å²) in [4.78, 5) is 14.3. The first-order valence-electron chi connectivity index (χ1n) is 11.3. The van der Waals surface area contributed by atoms with Crippen molar-refractivity contribution in [2.45, 2.75) is 39.7 Å². The Kier molecular flexibility index (Phi) is 8.25. The number of hydrazone groups is 1. The third-order valence-corrected chi connectivity index (χ3v) is 5.35. The molecule has 3 aromatic carbocycles. The second-order valence-electron chi connectivity index (χ2n) is 8.95. The summed E-state index contributed by atoms with van der Waals surface area (Å²) in [6.45, 7) is 10.3. The van der Waals surface area contributed by atoms with Crippen LogP contribution in [-0.2, 0) is 16.8 Å². The third kappa shape index (κ3) is 7.49. The van der Waals surface area contributed by atoms with E-state index in [0.29, 0.717) is 5.75 Å². The summed E-state index contributed by atoms with van der Waals surface area (Å²) in [6.07, 6.45) is 1.63. The zero-order valence-electron chi connectivity index (χ0n) is 19.9. The average Bonchev–Trinajstić information content (AvgIpc) is 2.82. The summed E-state index contributed by atoms with van der Waals surface area (Å²) in [5.41, 5.74) is 7.15. The van der Waals surface area contributed by atoms with Crippen LogP contribution in [-0.4, -0.2) is 25.3 Å². The van der Waals surface area contributed by atoms with Crippen molar-refractivity contribution in [3.05, 3.63) is 95.6 Å². The lowest BCUT2D eigenvalue weighted by molar-refractivity contribution is -0.123. The minimum absolute atomic E-state index is 0.0829. The van der Waals surface area contributed by atoms with Crippen LogP contribution in [0.15, 0.2) is 84.0 Å². The molecular formula is C28H33N3O2. The molecule has 0 aliphatic heterocycles. The zero-order valence-corrected chi connectivity index (χ0v) is 19.9. The van der Waals surface area contributed by atoms with E-state index >= 15 is 0 Å². The Bertz CT molecular complexity index is 1040. The molecule has 1 N–H and O–H groups in total. The van der Waals surface area contributed by atoms with E-state index in [2.05, 4.69) is 79.5 Å². The van der Waals surface area contributed by atoms with E-state index in [0.717, 1.165) is 24.3 Å². The van der Waals surface area contributed by atoms with E-state index < -0.39 is 0 Å². The fourth-order valence-corrected chi connectivity index (χ4v) is 3.37. The fourth-order valence-electron chi connectivity index (χ4n) is 3.37. The molecule has 5 heteroatoms. The van der Waals surface area contributed by atoms with E-state index in [9.17, 15) is 4.79 Å². The topological polar surface area (TPSA) is 53.9 Å². The Morgan fingerprint density at radius 3 is 2.24 bits per heavy atom. The van der Waals surface area contributed by atoms with Crippen molar-refractivity contribution in [2.75, 3.05) is 18.1 Å². The molecule has 0 atom stereocenters. The van der Waals surface area contributed by atoms with E-state index in [1.807, 2.05) is 42.5 Å². The SMILES string of the molecule is CCN(Cc1ccccc1)c1ccc(C=NNC(=O)COc2ccc(C(C)(C)C)cc2)cc1. The van der Waals surface area contributed by atoms with Crippen LogP contribution in [0.5, 0.6) is 5.75 Å². The van der Waals surface area contributed by atoms with Gasteiger partial charge in [0.1, 0.15) is 5.75 Å². The van der Waals surface area contributed by atoms with Crippen LogP contribution in [0.4, 0.5) is 5.69 Å². The van der Waals surface area contributed by atoms with Crippen LogP contribution < -0.4 is 15.1 Å². The number of carbonyl (C=O) groups is 1. The highest BCUT2D eigenvalue weighted by atomic mass is 16.5. The van der Waals surface area contributed by atoms with Gasteiger partial charge in [0.15, 0.2) is 6.61 Å². The summed E-state index contributed by atoms with van der Waals surface area (Å²) >= 11 is 0. The van der Waals surface area contributed by atoms with E-state index in [4.69, 9.17) is 4.74 Å². The van der Waals surface area contributed by atoms with Crippen LogP contribution in [0.2, 0.25) is 0 Å². The molecule has 0 bridgehead atoms. The van der Waals surface area contributed by atoms with Crippen molar-refractivity contribution in [2.24, 2.45) is 5.10 Å². The van der Waals surface area contributed by atoms with Gasteiger partial charge >= 0.3 is 0 Å². The van der Waals surface area contributed by atoms with Crippen molar-refractivity contribution in [3.63, 3.8) is 0 Å². The Labute approximate surface area is 197 Å². The summed E-state index contributed by atoms with van der Waals surface area (Å²) in [7, 11) is 0. The van der Waals surface area contributed by atoms with Gasteiger partial charge in [0.2, 0.25) is 0 Å². The van der Waals surface area contributed by atoms with Crippen LogP contribution in [0.3, 0.4) is 0 Å². The molecule has 0 unspecified atom stereocenters. The molecule has 3 rings (SSSR count). The second kappa shape index (κ2) is 11.3. The van der Waals surface area contributed by atoms with Gasteiger partial charge in [-0.25, -0.2) is 5.43 Å². The highest BCUT2D eigenvalue weighted by molar-refractivity contribution is 5.83. The number of anilines is 1. The van der Waals surface area contributed by atoms with Crippen molar-refractivity contribution in [1.82, 2.24) is 5.43 Å². The largest absolute Gasteiger partial charge is 0.484 e. The smallest absolute Gasteiger partial charge is 0.277 e. The lowest BCUT2D eigenvalue weighted by atomic mass is 9.87. The van der Waals surface area contributed by atoms with Gasteiger partial charge in [-0.05, 0) is 53.3 Å². The van der Waals surface area contributed by atoms with Crippen LogP contribution in [0.25, 0.3) is 0 Å². The van der Waals surface area contributed by atoms with Crippen LogP contribution in [0.1, 0.15) is 44.4 Å². The Morgan fingerprint density at radius 2 is 1.64 bits per heavy atom. The first-order valence-corrected chi connectivity index (χ1v) is 11.3. The number of hydrogen-bond acceptors (Lipinski definition) is 4. The molecule has 0 saturated heterocycles. The number of nitrogens with one attached hydrogen (secondary N) is 1. The summed E-state index contributed by atoms with van der Waals surface area (Å²) < 4.78 is 5.55. The lowest BCUT2D eigenvalue weighted by Gasteiger charge is -2.23. The number of benzene rings is 3. The normalized spacial score (nSPS) is 11.4. The van der Waals surface area contributed by atoms with Gasteiger partial charge in [0.05, 0.1) is 6.21 Å². The Morgan fingerprint density at radius 1 is 0.970 bits per heavy atom. The number of hydrogen-bond donors (Lipinski definition) is 1. The van der Waals surface area contributed by atoms with Gasteiger partial charge < -0.3 is 9.64 Å². The quantitative estimate of drug-likeness (QED) is 0.349. The standard InChI is InChI=1S/C28H33N3O2/c1-5-31(20-23-9-7-6-8-10-23)25-15-11-22(12-16-25)19-29-30-27(32)21-33-26-17-13-24(14-18-26)28(2,3)4/h6-19H,5,20-21H2,1-4H3,(H,30,32). The highest BCUT2D eigenvalue weighted by Crippen LogP contribution is 2.24. The molecule has 0 spiro atoms. The molecule has 5 nitrogen and oxygen atoms in total. The Balaban J connectivity index is 1.47. The van der Waals surface area contributed by atoms with Crippen molar-refractivity contribution >= 4 is 17.8 Å². The molecule has 0 heterocycles. The molecule has 0 fully saturated rings. The number of nitrogens with zero attached hydrogens (tertiary/aromatic N) is 2. The first-order chi connectivity index (χ1) is 15.8. The maximum Gasteiger partial charge on any atom is 0.277 e. The zero-order chi connectivity index (χ0) is 23.7. The fraction of sp³-hybridized carbons (Fsp3) is 0.286. The van der Waals surface area contributed by atoms with Gasteiger partial charge in [-0.1, -0.05) is 75.4 Å². The van der Waals surface area contributed by atoms with E-state index in [1.165, 1.54) is 11.1 Å². The third-order valence-electron chi connectivity index (χ3n) is 5.35. The van der Waals surface area contributed by atoms with Crippen molar-refractivity contribution in [3.8, 4) is 5.75 Å². The highest BCUT2D eigenvalue weighted by Gasteiger charge is 2.13. The summed E-state index contributed by atoms with van der Waals surface area (Å²) in [5.74, 6) is 0.358. The minimum atomic E-state index is -0.303. The van der Waals surface area contributed by atoms with Crippen LogP contribution >= 0.6 is 0 Å². The monoisotopic (exact) mass is 443 g/mol. The second-order valence-corrected chi connectivity index (χ2v) is 8.95. The molecule has 0 saturated carbocycles. The van der Waals surface area contributed by atoms with Gasteiger partial charge in [0, 0.05) is 18.8 Å². The molecule has 0 aliphatic rings.